The maximum atomic E-state index is 15.1. The maximum Gasteiger partial charge on any atom is 0.154 e. The van der Waals surface area contributed by atoms with E-state index in [0.29, 0.717) is 0 Å². The molecule has 28 heavy (non-hydrogen) atoms. The highest BCUT2D eigenvalue weighted by Crippen LogP contribution is 2.60. The van der Waals surface area contributed by atoms with Crippen LogP contribution in [0, 0.1) is 13.8 Å². The van der Waals surface area contributed by atoms with Gasteiger partial charge in [0.25, 0.3) is 0 Å². The molecule has 1 unspecified atom stereocenters. The SMILES string of the molecule is Cc1n[nH]c(C)c1C(c1ccccc1)P(=O)(c1ccccc1)c1ccccc1. The molecule has 0 aliphatic heterocycles. The topological polar surface area (TPSA) is 45.8 Å². The van der Waals surface area contributed by atoms with E-state index in [1.54, 1.807) is 0 Å². The second-order valence-electron chi connectivity index (χ2n) is 6.99. The molecule has 1 heterocycles. The van der Waals surface area contributed by atoms with Crippen LogP contribution in [0.1, 0.15) is 28.2 Å². The molecule has 0 saturated carbocycles. The fraction of sp³-hybridized carbons (Fsp3) is 0.125. The number of H-pyrrole nitrogens is 1. The van der Waals surface area contributed by atoms with Crippen LogP contribution in [0.25, 0.3) is 0 Å². The summed E-state index contributed by atoms with van der Waals surface area (Å²) in [5.41, 5.74) is 3.59. The number of hydrogen-bond donors (Lipinski definition) is 1. The molecular weight excluding hydrogens is 363 g/mol. The zero-order chi connectivity index (χ0) is 19.6. The van der Waals surface area contributed by atoms with Crippen LogP contribution < -0.4 is 10.6 Å². The molecule has 0 bridgehead atoms. The fourth-order valence-electron chi connectivity index (χ4n) is 3.90. The first-order valence-electron chi connectivity index (χ1n) is 9.39. The number of hydrogen-bond acceptors (Lipinski definition) is 2. The standard InChI is InChI=1S/C24H23N2OP/c1-18-23(19(2)26-25-18)24(20-12-6-3-7-13-20)28(27,21-14-8-4-9-15-21)22-16-10-5-11-17-22/h3-17,24H,1-2H3,(H,25,26). The first kappa shape index (κ1) is 18.5. The van der Waals surface area contributed by atoms with Crippen LogP contribution in [0.2, 0.25) is 0 Å². The molecule has 4 aromatic rings. The van der Waals surface area contributed by atoms with E-state index in [9.17, 15) is 0 Å². The van der Waals surface area contributed by atoms with Crippen LogP contribution in [0.4, 0.5) is 0 Å². The predicted molar refractivity (Wildman–Crippen MR) is 116 cm³/mol. The van der Waals surface area contributed by atoms with Gasteiger partial charge in [0.1, 0.15) is 0 Å². The van der Waals surface area contributed by atoms with Gasteiger partial charge in [-0.3, -0.25) is 5.10 Å². The predicted octanol–water partition coefficient (Wildman–Crippen LogP) is 5.13. The number of aromatic amines is 1. The summed E-state index contributed by atoms with van der Waals surface area (Å²) in [6.07, 6.45) is 0. The van der Waals surface area contributed by atoms with Crippen molar-refractivity contribution in [3.63, 3.8) is 0 Å². The van der Waals surface area contributed by atoms with Crippen molar-refractivity contribution in [2.75, 3.05) is 0 Å². The van der Waals surface area contributed by atoms with Crippen LogP contribution in [0.5, 0.6) is 0 Å². The number of rotatable bonds is 5. The highest BCUT2D eigenvalue weighted by atomic mass is 31.2. The molecule has 0 amide bonds. The molecule has 0 spiro atoms. The van der Waals surface area contributed by atoms with E-state index in [4.69, 9.17) is 0 Å². The van der Waals surface area contributed by atoms with Gasteiger partial charge in [0.05, 0.1) is 11.4 Å². The van der Waals surface area contributed by atoms with E-state index in [2.05, 4.69) is 22.3 Å². The molecule has 3 nitrogen and oxygen atoms in total. The van der Waals surface area contributed by atoms with Gasteiger partial charge in [-0.25, -0.2) is 0 Å². The number of benzene rings is 3. The first-order chi connectivity index (χ1) is 13.6. The van der Waals surface area contributed by atoms with Gasteiger partial charge in [-0.05, 0) is 19.4 Å². The monoisotopic (exact) mass is 386 g/mol. The first-order valence-corrected chi connectivity index (χ1v) is 11.2. The highest BCUT2D eigenvalue weighted by molar-refractivity contribution is 7.79. The van der Waals surface area contributed by atoms with Crippen LogP contribution >= 0.6 is 7.14 Å². The van der Waals surface area contributed by atoms with Gasteiger partial charge in [0, 0.05) is 21.9 Å². The smallest absolute Gasteiger partial charge is 0.154 e. The quantitative estimate of drug-likeness (QED) is 0.483. The Bertz CT molecular complexity index is 1040. The van der Waals surface area contributed by atoms with E-state index < -0.39 is 7.14 Å². The molecule has 1 N–H and O–H groups in total. The van der Waals surface area contributed by atoms with Crippen molar-refractivity contribution in [2.24, 2.45) is 0 Å². The van der Waals surface area contributed by atoms with Gasteiger partial charge >= 0.3 is 0 Å². The van der Waals surface area contributed by atoms with Crippen molar-refractivity contribution in [1.29, 1.82) is 0 Å². The summed E-state index contributed by atoms with van der Waals surface area (Å²) in [6.45, 7) is 3.99. The number of nitrogens with zero attached hydrogens (tertiary/aromatic N) is 1. The van der Waals surface area contributed by atoms with Gasteiger partial charge in [-0.2, -0.15) is 5.10 Å². The number of aryl methyl sites for hydroxylation is 2. The largest absolute Gasteiger partial charge is 0.313 e. The molecule has 0 saturated heterocycles. The second-order valence-corrected chi connectivity index (χ2v) is 9.86. The molecule has 4 rings (SSSR count). The minimum Gasteiger partial charge on any atom is -0.313 e. The molecule has 4 heteroatoms. The lowest BCUT2D eigenvalue weighted by Crippen LogP contribution is -2.22. The van der Waals surface area contributed by atoms with Crippen molar-refractivity contribution >= 4 is 17.8 Å². The molecule has 0 radical (unpaired) electrons. The molecular formula is C24H23N2OP. The van der Waals surface area contributed by atoms with Gasteiger partial charge < -0.3 is 4.57 Å². The van der Waals surface area contributed by atoms with Crippen LogP contribution in [-0.2, 0) is 4.57 Å². The molecule has 0 aliphatic rings. The zero-order valence-corrected chi connectivity index (χ0v) is 16.9. The van der Waals surface area contributed by atoms with Crippen molar-refractivity contribution in [1.82, 2.24) is 10.2 Å². The lowest BCUT2D eigenvalue weighted by atomic mass is 10.0. The van der Waals surface area contributed by atoms with E-state index in [1.807, 2.05) is 92.7 Å². The maximum absolute atomic E-state index is 15.1. The zero-order valence-electron chi connectivity index (χ0n) is 16.0. The fourth-order valence-corrected chi connectivity index (χ4v) is 7.36. The summed E-state index contributed by atoms with van der Waals surface area (Å²) in [5.74, 6) is 0. The van der Waals surface area contributed by atoms with Crippen molar-refractivity contribution in [3.8, 4) is 0 Å². The summed E-state index contributed by atoms with van der Waals surface area (Å²) in [5, 5.41) is 9.22. The van der Waals surface area contributed by atoms with E-state index >= 15 is 4.57 Å². The summed E-state index contributed by atoms with van der Waals surface area (Å²) >= 11 is 0. The Balaban J connectivity index is 2.07. The van der Waals surface area contributed by atoms with Crippen LogP contribution in [-0.4, -0.2) is 10.2 Å². The van der Waals surface area contributed by atoms with Crippen molar-refractivity contribution in [2.45, 2.75) is 19.5 Å². The van der Waals surface area contributed by atoms with Gasteiger partial charge in [0.15, 0.2) is 7.14 Å². The Morgan fingerprint density at radius 2 is 1.21 bits per heavy atom. The van der Waals surface area contributed by atoms with Crippen molar-refractivity contribution < 1.29 is 4.57 Å². The lowest BCUT2D eigenvalue weighted by Gasteiger charge is -2.30. The molecule has 0 fully saturated rings. The lowest BCUT2D eigenvalue weighted by molar-refractivity contribution is 0.582. The second kappa shape index (κ2) is 7.61. The normalized spacial score (nSPS) is 12.6. The van der Waals surface area contributed by atoms with Gasteiger partial charge in [0.2, 0.25) is 0 Å². The molecule has 3 aromatic carbocycles. The number of nitrogens with one attached hydrogen (secondary N) is 1. The van der Waals surface area contributed by atoms with E-state index in [-0.39, 0.29) is 5.66 Å². The van der Waals surface area contributed by atoms with Crippen molar-refractivity contribution in [3.05, 3.63) is 114 Å². The van der Waals surface area contributed by atoms with Gasteiger partial charge in [-0.1, -0.05) is 91.0 Å². The number of aromatic nitrogens is 2. The minimum absolute atomic E-state index is 0.308. The molecule has 1 aromatic heterocycles. The summed E-state index contributed by atoms with van der Waals surface area (Å²) in [7, 11) is -3.06. The average molecular weight is 386 g/mol. The molecule has 1 atom stereocenters. The molecule has 0 aliphatic carbocycles. The third kappa shape index (κ3) is 3.12. The van der Waals surface area contributed by atoms with Gasteiger partial charge in [-0.15, -0.1) is 0 Å². The van der Waals surface area contributed by atoms with Crippen LogP contribution in [0.3, 0.4) is 0 Å². The summed E-state index contributed by atoms with van der Waals surface area (Å²) < 4.78 is 15.1. The average Bonchev–Trinajstić information content (AvgIpc) is 3.08. The Labute approximate surface area is 165 Å². The molecule has 140 valence electrons. The van der Waals surface area contributed by atoms with E-state index in [0.717, 1.165) is 33.1 Å². The Kier molecular flexibility index (Phi) is 5.02. The highest BCUT2D eigenvalue weighted by Gasteiger charge is 2.40. The third-order valence-electron chi connectivity index (χ3n) is 5.22. The Morgan fingerprint density at radius 3 is 1.64 bits per heavy atom. The Morgan fingerprint density at radius 1 is 0.750 bits per heavy atom. The summed E-state index contributed by atoms with van der Waals surface area (Å²) in [4.78, 5) is 0. The van der Waals surface area contributed by atoms with Crippen LogP contribution in [0.15, 0.2) is 91.0 Å². The minimum atomic E-state index is -3.06. The third-order valence-corrected chi connectivity index (χ3v) is 8.63. The summed E-state index contributed by atoms with van der Waals surface area (Å²) in [6, 6.07) is 29.8. The Hall–Kier alpha value is -2.90. The van der Waals surface area contributed by atoms with E-state index in [1.165, 1.54) is 0 Å².